The molecule has 1 atom stereocenters. The molecule has 6 nitrogen and oxygen atoms in total. The van der Waals surface area contributed by atoms with Gasteiger partial charge in [-0.2, -0.15) is 0 Å². The molecular formula is C27H33F2N5O. The molecule has 8 heteroatoms. The predicted octanol–water partition coefficient (Wildman–Crippen LogP) is 4.46. The van der Waals surface area contributed by atoms with E-state index in [0.29, 0.717) is 37.9 Å². The van der Waals surface area contributed by atoms with Gasteiger partial charge >= 0.3 is 0 Å². The third-order valence-electron chi connectivity index (χ3n) is 7.25. The summed E-state index contributed by atoms with van der Waals surface area (Å²) in [5.74, 6) is 0.0660. The fourth-order valence-corrected chi connectivity index (χ4v) is 5.55. The third kappa shape index (κ3) is 4.89. The Morgan fingerprint density at radius 1 is 1.06 bits per heavy atom. The Morgan fingerprint density at radius 2 is 1.83 bits per heavy atom. The van der Waals surface area contributed by atoms with Gasteiger partial charge < -0.3 is 14.4 Å². The summed E-state index contributed by atoms with van der Waals surface area (Å²) in [5, 5.41) is 0. The van der Waals surface area contributed by atoms with Crippen LogP contribution < -0.4 is 4.90 Å². The average molecular weight is 482 g/mol. The first-order chi connectivity index (χ1) is 16.9. The second-order valence-corrected chi connectivity index (χ2v) is 9.96. The molecule has 3 heterocycles. The lowest BCUT2D eigenvalue weighted by Gasteiger charge is -2.39. The molecule has 0 bridgehead atoms. The van der Waals surface area contributed by atoms with Crippen LogP contribution in [0.15, 0.2) is 42.5 Å². The van der Waals surface area contributed by atoms with E-state index < -0.39 is 11.6 Å². The van der Waals surface area contributed by atoms with Crippen LogP contribution in [0, 0.1) is 17.6 Å². The van der Waals surface area contributed by atoms with E-state index in [1.807, 2.05) is 21.9 Å². The average Bonchev–Trinajstić information content (AvgIpc) is 3.22. The van der Waals surface area contributed by atoms with Gasteiger partial charge in [0.05, 0.1) is 29.2 Å². The van der Waals surface area contributed by atoms with Crippen LogP contribution in [-0.2, 0) is 11.3 Å². The number of halogens is 2. The van der Waals surface area contributed by atoms with Crippen LogP contribution >= 0.6 is 0 Å². The van der Waals surface area contributed by atoms with Gasteiger partial charge in [-0.3, -0.25) is 9.69 Å². The lowest BCUT2D eigenvalue weighted by molar-refractivity contribution is -0.137. The minimum atomic E-state index is -0.578. The van der Waals surface area contributed by atoms with Crippen molar-refractivity contribution in [2.45, 2.75) is 39.3 Å². The molecule has 35 heavy (non-hydrogen) atoms. The summed E-state index contributed by atoms with van der Waals surface area (Å²) in [6.45, 7) is 8.97. The lowest BCUT2D eigenvalue weighted by atomic mass is 9.96. The molecule has 0 saturated carbocycles. The number of nitrogens with zero attached hydrogens (tertiary/aromatic N) is 5. The summed E-state index contributed by atoms with van der Waals surface area (Å²) >= 11 is 0. The summed E-state index contributed by atoms with van der Waals surface area (Å²) in [6.07, 6.45) is 1.88. The summed E-state index contributed by atoms with van der Waals surface area (Å²) < 4.78 is 29.7. The fourth-order valence-electron chi connectivity index (χ4n) is 5.55. The number of fused-ring (bicyclic) bond motifs is 1. The van der Waals surface area contributed by atoms with Crippen LogP contribution in [-0.4, -0.2) is 64.5 Å². The summed E-state index contributed by atoms with van der Waals surface area (Å²) in [6, 6.07) is 12.2. The smallest absolute Gasteiger partial charge is 0.227 e. The first kappa shape index (κ1) is 23.7. The predicted molar refractivity (Wildman–Crippen MR) is 133 cm³/mol. The van der Waals surface area contributed by atoms with Gasteiger partial charge in [-0.1, -0.05) is 12.1 Å². The quantitative estimate of drug-likeness (QED) is 0.540. The van der Waals surface area contributed by atoms with Crippen molar-refractivity contribution in [3.8, 4) is 0 Å². The second-order valence-electron chi connectivity index (χ2n) is 9.96. The number of rotatable bonds is 5. The van der Waals surface area contributed by atoms with Crippen LogP contribution in [0.25, 0.3) is 11.0 Å². The van der Waals surface area contributed by atoms with Crippen molar-refractivity contribution in [3.05, 3.63) is 59.9 Å². The summed E-state index contributed by atoms with van der Waals surface area (Å²) in [7, 11) is 0. The van der Waals surface area contributed by atoms with Gasteiger partial charge in [0.1, 0.15) is 17.5 Å². The topological polar surface area (TPSA) is 44.6 Å². The number of amides is 1. The highest BCUT2D eigenvalue weighted by molar-refractivity contribution is 5.79. The number of carbonyl (C=O) groups is 1. The molecule has 5 rings (SSSR count). The molecule has 0 N–H and O–H groups in total. The molecule has 2 aromatic carbocycles. The maximum atomic E-state index is 14.2. The Bertz CT molecular complexity index is 1200. The van der Waals surface area contributed by atoms with Crippen molar-refractivity contribution in [3.63, 3.8) is 0 Å². The van der Waals surface area contributed by atoms with Gasteiger partial charge in [0.2, 0.25) is 5.91 Å². The Balaban J connectivity index is 1.22. The monoisotopic (exact) mass is 481 g/mol. The number of likely N-dealkylation sites (tertiary alicyclic amines) is 1. The van der Waals surface area contributed by atoms with Crippen molar-refractivity contribution in [2.75, 3.05) is 44.2 Å². The fraction of sp³-hybridized carbons (Fsp3) is 0.481. The number of imidazole rings is 1. The number of hydrogen-bond acceptors (Lipinski definition) is 4. The van der Waals surface area contributed by atoms with Crippen LogP contribution in [0.2, 0.25) is 0 Å². The molecule has 2 saturated heterocycles. The van der Waals surface area contributed by atoms with E-state index in [1.165, 1.54) is 12.1 Å². The van der Waals surface area contributed by atoms with Crippen molar-refractivity contribution >= 4 is 22.6 Å². The second kappa shape index (κ2) is 9.93. The van der Waals surface area contributed by atoms with Gasteiger partial charge in [0.15, 0.2) is 0 Å². The number of benzene rings is 2. The SMILES string of the molecule is CC(C)n1c(CN2CCC[C@@H](C(=O)N3CCN(c4ccc(F)cc4F)CC3)C2)nc2ccccc21. The number of carbonyl (C=O) groups excluding carboxylic acids is 1. The zero-order valence-electron chi connectivity index (χ0n) is 20.5. The molecule has 0 radical (unpaired) electrons. The molecule has 1 amide bonds. The molecule has 1 aromatic heterocycles. The molecule has 3 aromatic rings. The Hall–Kier alpha value is -3.00. The largest absolute Gasteiger partial charge is 0.366 e. The number of aromatic nitrogens is 2. The lowest BCUT2D eigenvalue weighted by Crippen LogP contribution is -2.52. The van der Waals surface area contributed by atoms with Gasteiger partial charge in [-0.25, -0.2) is 13.8 Å². The van der Waals surface area contributed by atoms with Crippen molar-refractivity contribution in [1.29, 1.82) is 0 Å². The Kier molecular flexibility index (Phi) is 6.73. The zero-order chi connectivity index (χ0) is 24.5. The maximum Gasteiger partial charge on any atom is 0.227 e. The first-order valence-corrected chi connectivity index (χ1v) is 12.6. The standard InChI is InChI=1S/C27H33F2N5O/c1-19(2)34-25-8-4-3-7-23(25)30-26(34)18-31-11-5-6-20(17-31)27(35)33-14-12-32(13-15-33)24-10-9-21(28)16-22(24)29/h3-4,7-10,16,19-20H,5-6,11-15,17-18H2,1-2H3/t20-/m1/s1. The number of para-hydroxylation sites is 2. The van der Waals surface area contributed by atoms with Gasteiger partial charge in [-0.05, 0) is 57.5 Å². The van der Waals surface area contributed by atoms with E-state index in [1.54, 1.807) is 0 Å². The molecule has 0 spiro atoms. The van der Waals surface area contributed by atoms with E-state index in [9.17, 15) is 13.6 Å². The van der Waals surface area contributed by atoms with Crippen molar-refractivity contribution in [2.24, 2.45) is 5.92 Å². The number of piperidine rings is 1. The molecule has 186 valence electrons. The molecule has 0 unspecified atom stereocenters. The van der Waals surface area contributed by atoms with E-state index in [4.69, 9.17) is 4.98 Å². The summed E-state index contributed by atoms with van der Waals surface area (Å²) in [4.78, 5) is 24.4. The van der Waals surface area contributed by atoms with Gasteiger partial charge in [0, 0.05) is 44.8 Å². The Morgan fingerprint density at radius 3 is 2.57 bits per heavy atom. The Labute approximate surface area is 205 Å². The highest BCUT2D eigenvalue weighted by Crippen LogP contribution is 2.26. The van der Waals surface area contributed by atoms with Gasteiger partial charge in [0.25, 0.3) is 0 Å². The molecule has 2 aliphatic heterocycles. The number of anilines is 1. The normalized spacial score (nSPS) is 19.6. The minimum absolute atomic E-state index is 0.0327. The molecule has 2 fully saturated rings. The van der Waals surface area contributed by atoms with Gasteiger partial charge in [-0.15, -0.1) is 0 Å². The van der Waals surface area contributed by atoms with Crippen LogP contribution in [0.4, 0.5) is 14.5 Å². The number of piperazine rings is 1. The van der Waals surface area contributed by atoms with Crippen LogP contribution in [0.1, 0.15) is 38.6 Å². The van der Waals surface area contributed by atoms with Crippen LogP contribution in [0.5, 0.6) is 0 Å². The van der Waals surface area contributed by atoms with Crippen molar-refractivity contribution < 1.29 is 13.6 Å². The van der Waals surface area contributed by atoms with Crippen molar-refractivity contribution in [1.82, 2.24) is 19.4 Å². The summed E-state index contributed by atoms with van der Waals surface area (Å²) in [5.41, 5.74) is 2.56. The highest BCUT2D eigenvalue weighted by Gasteiger charge is 2.32. The molecule has 0 aliphatic carbocycles. The van der Waals surface area contributed by atoms with E-state index in [0.717, 1.165) is 55.4 Å². The minimum Gasteiger partial charge on any atom is -0.366 e. The molecular weight excluding hydrogens is 448 g/mol. The third-order valence-corrected chi connectivity index (χ3v) is 7.25. The van der Waals surface area contributed by atoms with Crippen LogP contribution in [0.3, 0.4) is 0 Å². The molecule has 2 aliphatic rings. The van der Waals surface area contributed by atoms with E-state index in [-0.39, 0.29) is 11.8 Å². The first-order valence-electron chi connectivity index (χ1n) is 12.6. The zero-order valence-corrected chi connectivity index (χ0v) is 20.5. The van der Waals surface area contributed by atoms with E-state index >= 15 is 0 Å². The number of hydrogen-bond donors (Lipinski definition) is 0. The highest BCUT2D eigenvalue weighted by atomic mass is 19.1. The van der Waals surface area contributed by atoms with E-state index in [2.05, 4.69) is 35.4 Å². The maximum absolute atomic E-state index is 14.2.